The Bertz CT molecular complexity index is 725. The Morgan fingerprint density at radius 1 is 0.912 bits per heavy atom. The van der Waals surface area contributed by atoms with Gasteiger partial charge in [-0.3, -0.25) is 4.48 Å². The summed E-state index contributed by atoms with van der Waals surface area (Å²) in [7, 11) is 2.10. The summed E-state index contributed by atoms with van der Waals surface area (Å²) in [6.07, 6.45) is 16.9. The van der Waals surface area contributed by atoms with Gasteiger partial charge in [0, 0.05) is 12.0 Å². The van der Waals surface area contributed by atoms with Crippen LogP contribution in [0.4, 0.5) is 4.79 Å². The maximum Gasteiger partial charge on any atom is 0.512 e. The zero-order chi connectivity index (χ0) is 24.5. The predicted molar refractivity (Wildman–Crippen MR) is 138 cm³/mol. The second kappa shape index (κ2) is 16.9. The van der Waals surface area contributed by atoms with Gasteiger partial charge in [-0.1, -0.05) is 84.1 Å². The van der Waals surface area contributed by atoms with E-state index in [2.05, 4.69) is 35.7 Å². The lowest BCUT2D eigenvalue weighted by Crippen LogP contribution is -2.49. The minimum Gasteiger partial charge on any atom is -0.475 e. The molecule has 0 bridgehead atoms. The van der Waals surface area contributed by atoms with E-state index in [-0.39, 0.29) is 0 Å². The SMILES string of the molecule is CCCCCCCCCCOC(=O)OC[N+]1(C)CCC=C(c2nsnc2OCCCCCC)C1. The van der Waals surface area contributed by atoms with Gasteiger partial charge >= 0.3 is 6.16 Å². The fraction of sp³-hybridized carbons (Fsp3) is 0.808. The number of hydrogen-bond acceptors (Lipinski definition) is 7. The van der Waals surface area contributed by atoms with E-state index in [4.69, 9.17) is 14.2 Å². The molecular formula is C26H46N3O4S+. The van der Waals surface area contributed by atoms with Gasteiger partial charge in [-0.2, -0.15) is 4.37 Å². The zero-order valence-electron chi connectivity index (χ0n) is 21.7. The van der Waals surface area contributed by atoms with Crippen molar-refractivity contribution in [2.45, 2.75) is 97.3 Å². The minimum atomic E-state index is -0.565. The largest absolute Gasteiger partial charge is 0.512 e. The van der Waals surface area contributed by atoms with Gasteiger partial charge in [0.15, 0.2) is 0 Å². The molecule has 0 N–H and O–H groups in total. The maximum atomic E-state index is 12.1. The molecule has 0 spiro atoms. The first-order valence-electron chi connectivity index (χ1n) is 13.4. The van der Waals surface area contributed by atoms with Crippen LogP contribution in [-0.2, 0) is 9.47 Å². The molecule has 0 saturated heterocycles. The molecule has 2 heterocycles. The van der Waals surface area contributed by atoms with Gasteiger partial charge in [-0.05, 0) is 12.8 Å². The molecule has 1 atom stereocenters. The highest BCUT2D eigenvalue weighted by Crippen LogP contribution is 2.30. The number of carbonyl (C=O) groups is 1. The van der Waals surface area contributed by atoms with Crippen LogP contribution in [0.5, 0.6) is 5.88 Å². The second-order valence-corrected chi connectivity index (χ2v) is 10.2. The Morgan fingerprint density at radius 2 is 1.56 bits per heavy atom. The van der Waals surface area contributed by atoms with Crippen molar-refractivity contribution < 1.29 is 23.5 Å². The van der Waals surface area contributed by atoms with Crippen LogP contribution in [0.2, 0.25) is 0 Å². The van der Waals surface area contributed by atoms with E-state index in [0.29, 0.717) is 30.3 Å². The van der Waals surface area contributed by atoms with Crippen LogP contribution >= 0.6 is 11.7 Å². The molecule has 0 amide bonds. The summed E-state index contributed by atoms with van der Waals surface area (Å²) in [5.41, 5.74) is 1.95. The maximum absolute atomic E-state index is 12.1. The normalized spacial score (nSPS) is 17.9. The quantitative estimate of drug-likeness (QED) is 0.124. The zero-order valence-corrected chi connectivity index (χ0v) is 22.5. The van der Waals surface area contributed by atoms with Gasteiger partial charge in [-0.25, -0.2) is 4.79 Å². The molecule has 194 valence electrons. The highest BCUT2D eigenvalue weighted by Gasteiger charge is 2.31. The third kappa shape index (κ3) is 11.2. The van der Waals surface area contributed by atoms with Crippen molar-refractivity contribution in [3.05, 3.63) is 11.8 Å². The monoisotopic (exact) mass is 496 g/mol. The molecule has 1 aliphatic rings. The number of ether oxygens (including phenoxy) is 3. The van der Waals surface area contributed by atoms with Crippen LogP contribution < -0.4 is 4.74 Å². The number of aromatic nitrogens is 2. The lowest BCUT2D eigenvalue weighted by molar-refractivity contribution is -0.919. The third-order valence-corrected chi connectivity index (χ3v) is 6.83. The van der Waals surface area contributed by atoms with E-state index >= 15 is 0 Å². The van der Waals surface area contributed by atoms with Crippen LogP contribution in [0.3, 0.4) is 0 Å². The molecule has 0 saturated carbocycles. The van der Waals surface area contributed by atoms with E-state index in [1.807, 2.05) is 0 Å². The standard InChI is InChI=1S/C26H46N3O4S/c1-4-6-8-10-11-12-13-15-20-32-26(30)33-22-29(3)18-16-17-23(21-29)24-25(28-34-27-24)31-19-14-9-7-5-2/h17H,4-16,18-22H2,1-3H3/q+1. The lowest BCUT2D eigenvalue weighted by atomic mass is 10.1. The van der Waals surface area contributed by atoms with Crippen LogP contribution in [0.1, 0.15) is 103 Å². The number of rotatable bonds is 18. The Kier molecular flexibility index (Phi) is 14.2. The van der Waals surface area contributed by atoms with Crippen molar-refractivity contribution in [3.63, 3.8) is 0 Å². The van der Waals surface area contributed by atoms with Crippen LogP contribution in [-0.4, -0.2) is 59.5 Å². The van der Waals surface area contributed by atoms with Gasteiger partial charge in [0.2, 0.25) is 6.73 Å². The van der Waals surface area contributed by atoms with Gasteiger partial charge in [0.05, 0.1) is 38.5 Å². The van der Waals surface area contributed by atoms with Crippen molar-refractivity contribution >= 4 is 23.5 Å². The van der Waals surface area contributed by atoms with E-state index in [0.717, 1.165) is 50.0 Å². The van der Waals surface area contributed by atoms with Crippen molar-refractivity contribution in [1.82, 2.24) is 8.75 Å². The summed E-state index contributed by atoms with van der Waals surface area (Å²) >= 11 is 1.19. The molecule has 1 aromatic heterocycles. The fourth-order valence-electron chi connectivity index (χ4n) is 4.20. The van der Waals surface area contributed by atoms with Crippen molar-refractivity contribution in [2.24, 2.45) is 0 Å². The van der Waals surface area contributed by atoms with Gasteiger partial charge in [0.25, 0.3) is 5.88 Å². The van der Waals surface area contributed by atoms with E-state index < -0.39 is 6.16 Å². The Balaban J connectivity index is 1.66. The molecule has 0 fully saturated rings. The summed E-state index contributed by atoms with van der Waals surface area (Å²) in [6.45, 7) is 7.47. The highest BCUT2D eigenvalue weighted by atomic mass is 32.1. The molecule has 1 aliphatic heterocycles. The number of hydrogen-bond donors (Lipinski definition) is 0. The molecule has 1 unspecified atom stereocenters. The first-order chi connectivity index (χ1) is 16.6. The number of carbonyl (C=O) groups excluding carboxylic acids is 1. The fourth-order valence-corrected chi connectivity index (χ4v) is 4.73. The Labute approximate surface area is 210 Å². The second-order valence-electron chi connectivity index (χ2n) is 9.69. The molecule has 8 heteroatoms. The lowest BCUT2D eigenvalue weighted by Gasteiger charge is -2.36. The van der Waals surface area contributed by atoms with E-state index in [1.165, 1.54) is 69.5 Å². The summed E-state index contributed by atoms with van der Waals surface area (Å²) < 4.78 is 26.1. The minimum absolute atomic E-state index is 0.290. The number of likely N-dealkylation sites (N-methyl/N-ethyl adjacent to an activating group) is 1. The molecular weight excluding hydrogens is 450 g/mol. The van der Waals surface area contributed by atoms with Crippen LogP contribution in [0, 0.1) is 0 Å². The van der Waals surface area contributed by atoms with Gasteiger partial charge in [0.1, 0.15) is 12.2 Å². The first kappa shape index (κ1) is 28.6. The van der Waals surface area contributed by atoms with Gasteiger partial charge < -0.3 is 14.2 Å². The van der Waals surface area contributed by atoms with E-state index in [9.17, 15) is 4.79 Å². The Hall–Kier alpha value is -1.67. The van der Waals surface area contributed by atoms with E-state index in [1.54, 1.807) is 0 Å². The highest BCUT2D eigenvalue weighted by molar-refractivity contribution is 6.99. The third-order valence-electron chi connectivity index (χ3n) is 6.32. The molecule has 0 aliphatic carbocycles. The predicted octanol–water partition coefficient (Wildman–Crippen LogP) is 6.98. The number of unbranched alkanes of at least 4 members (excludes halogenated alkanes) is 10. The molecule has 2 rings (SSSR count). The smallest absolute Gasteiger partial charge is 0.475 e. The first-order valence-corrected chi connectivity index (χ1v) is 14.1. The summed E-state index contributed by atoms with van der Waals surface area (Å²) in [4.78, 5) is 12.1. The van der Waals surface area contributed by atoms with Crippen LogP contribution in [0.25, 0.3) is 5.57 Å². The van der Waals surface area contributed by atoms with Gasteiger partial charge in [-0.15, -0.1) is 4.37 Å². The molecule has 34 heavy (non-hydrogen) atoms. The topological polar surface area (TPSA) is 70.5 Å². The summed E-state index contributed by atoms with van der Waals surface area (Å²) in [6, 6.07) is 0. The number of quaternary nitrogens is 1. The summed E-state index contributed by atoms with van der Waals surface area (Å²) in [5, 5.41) is 0. The molecule has 1 aromatic rings. The molecule has 0 radical (unpaired) electrons. The van der Waals surface area contributed by atoms with Crippen molar-refractivity contribution in [1.29, 1.82) is 0 Å². The molecule has 0 aromatic carbocycles. The Morgan fingerprint density at radius 3 is 2.29 bits per heavy atom. The summed E-state index contributed by atoms with van der Waals surface area (Å²) in [5.74, 6) is 0.631. The number of nitrogens with zero attached hydrogens (tertiary/aromatic N) is 3. The molecule has 7 nitrogen and oxygen atoms in total. The van der Waals surface area contributed by atoms with Crippen LogP contribution in [0.15, 0.2) is 6.08 Å². The average Bonchev–Trinajstić information content (AvgIpc) is 3.30. The van der Waals surface area contributed by atoms with Crippen molar-refractivity contribution in [3.8, 4) is 5.88 Å². The average molecular weight is 497 g/mol. The van der Waals surface area contributed by atoms with Crippen molar-refractivity contribution in [2.75, 3.05) is 40.1 Å².